The Balaban J connectivity index is 1.43. The Morgan fingerprint density at radius 3 is 2.60 bits per heavy atom. The number of benzene rings is 1. The second-order valence-electron chi connectivity index (χ2n) is 17.4. The van der Waals surface area contributed by atoms with Crippen LogP contribution < -0.4 is 0 Å². The molecule has 2 saturated heterocycles. The smallest absolute Gasteiger partial charge is 0.410 e. The zero-order valence-electron chi connectivity index (χ0n) is 35.5. The first-order valence-corrected chi connectivity index (χ1v) is 20.8. The Kier molecular flexibility index (Phi) is 13.3. The number of fused-ring (bicyclic) bond motifs is 2. The molecule has 1 aromatic heterocycles. The molecule has 312 valence electrons. The van der Waals surface area contributed by atoms with Crippen molar-refractivity contribution in [1.82, 2.24) is 14.8 Å². The molecule has 5 heterocycles. The number of aliphatic hydroxyl groups is 1. The van der Waals surface area contributed by atoms with Crippen molar-refractivity contribution in [2.45, 2.75) is 135 Å². The topological polar surface area (TPSA) is 132 Å². The molecule has 2 fully saturated rings. The molecule has 1 unspecified atom stereocenters. The molecule has 6 rings (SSSR count). The van der Waals surface area contributed by atoms with E-state index >= 15 is 0 Å². The predicted octanol–water partition coefficient (Wildman–Crippen LogP) is 6.84. The van der Waals surface area contributed by atoms with Crippen LogP contribution in [0, 0.1) is 17.8 Å². The van der Waals surface area contributed by atoms with Crippen molar-refractivity contribution in [3.05, 3.63) is 59.8 Å². The van der Waals surface area contributed by atoms with Gasteiger partial charge in [0.15, 0.2) is 11.9 Å². The van der Waals surface area contributed by atoms with E-state index in [9.17, 15) is 14.7 Å². The molecule has 4 aliphatic rings. The molecule has 12 nitrogen and oxygen atoms in total. The first kappa shape index (κ1) is 42.9. The summed E-state index contributed by atoms with van der Waals surface area (Å²) < 4.78 is 33.0. The largest absolute Gasteiger partial charge is 0.455 e. The quantitative estimate of drug-likeness (QED) is 0.270. The lowest BCUT2D eigenvalue weighted by Gasteiger charge is -2.47. The fourth-order valence-corrected chi connectivity index (χ4v) is 9.95. The molecule has 57 heavy (non-hydrogen) atoms. The third-order valence-corrected chi connectivity index (χ3v) is 12.7. The minimum absolute atomic E-state index is 0.123. The van der Waals surface area contributed by atoms with E-state index in [1.54, 1.807) is 18.0 Å². The highest BCUT2D eigenvalue weighted by molar-refractivity contribution is 5.91. The van der Waals surface area contributed by atoms with Crippen LogP contribution in [0.2, 0.25) is 0 Å². The molecular formula is C45H64N4O8. The highest BCUT2D eigenvalue weighted by atomic mass is 16.7. The van der Waals surface area contributed by atoms with Gasteiger partial charge in [-0.05, 0) is 84.7 Å². The number of cyclic esters (lactones) is 1. The zero-order valence-corrected chi connectivity index (χ0v) is 35.5. The SMILES string of the molecule is CCC[C@H]1OC(=O)/C(C)=C\[C@H](C)[C@@H](O[C@H]2O[C@@H](C)C[C@@H](N(C)C)C2O)[C@@](C)(OC/C=C/c2ccnc3ccccc23)C[C@@H](C)C2=NCCN3C(=O)O[C@@]1(C)[C@H]3[C@H]2C. The number of pyridine rings is 1. The normalized spacial score (nSPS) is 37.6. The number of hydrogen-bond donors (Lipinski definition) is 1. The first-order valence-electron chi connectivity index (χ1n) is 20.8. The monoisotopic (exact) mass is 788 g/mol. The van der Waals surface area contributed by atoms with E-state index in [4.69, 9.17) is 28.7 Å². The number of para-hydroxylation sites is 1. The minimum Gasteiger partial charge on any atom is -0.455 e. The van der Waals surface area contributed by atoms with Crippen LogP contribution in [0.25, 0.3) is 17.0 Å². The van der Waals surface area contributed by atoms with E-state index in [-0.39, 0.29) is 30.6 Å². The summed E-state index contributed by atoms with van der Waals surface area (Å²) in [5.41, 5.74) is 1.20. The number of carbonyl (C=O) groups is 2. The summed E-state index contributed by atoms with van der Waals surface area (Å²) >= 11 is 0. The van der Waals surface area contributed by atoms with E-state index in [2.05, 4.69) is 24.9 Å². The van der Waals surface area contributed by atoms with Crippen LogP contribution in [-0.4, -0.2) is 125 Å². The molecule has 0 radical (unpaired) electrons. The molecule has 2 aromatic rings. The third kappa shape index (κ3) is 8.85. The van der Waals surface area contributed by atoms with Gasteiger partial charge in [0, 0.05) is 47.3 Å². The fraction of sp³-hybridized carbons (Fsp3) is 0.644. The van der Waals surface area contributed by atoms with E-state index in [0.29, 0.717) is 37.9 Å². The number of ether oxygens (including phenoxy) is 5. The van der Waals surface area contributed by atoms with Gasteiger partial charge < -0.3 is 33.7 Å². The molecule has 1 aromatic carbocycles. The molecule has 4 aliphatic heterocycles. The number of esters is 1. The van der Waals surface area contributed by atoms with E-state index in [0.717, 1.165) is 28.6 Å². The summed E-state index contributed by atoms with van der Waals surface area (Å²) in [6.07, 6.45) is 6.30. The van der Waals surface area contributed by atoms with Crippen LogP contribution in [-0.2, 0) is 28.5 Å². The van der Waals surface area contributed by atoms with Gasteiger partial charge in [0.05, 0.1) is 42.5 Å². The molecule has 0 spiro atoms. The van der Waals surface area contributed by atoms with Crippen LogP contribution in [0.1, 0.15) is 86.6 Å². The van der Waals surface area contributed by atoms with Gasteiger partial charge in [-0.15, -0.1) is 0 Å². The summed E-state index contributed by atoms with van der Waals surface area (Å²) in [7, 11) is 3.90. The van der Waals surface area contributed by atoms with Crippen LogP contribution in [0.15, 0.2) is 59.2 Å². The molecule has 0 aliphatic carbocycles. The van der Waals surface area contributed by atoms with Crippen LogP contribution >= 0.6 is 0 Å². The van der Waals surface area contributed by atoms with Gasteiger partial charge in [0.25, 0.3) is 0 Å². The van der Waals surface area contributed by atoms with Crippen LogP contribution in [0.3, 0.4) is 0 Å². The standard InChI is InChI=1S/C45H64N4O8/c1-11-15-36-45(8)39-31(6)37(47-21-22-49(39)43(52)57-45)29(4)26-44(7,53-23-14-16-32-19-20-46-34-18-13-12-17-33(32)34)40(27(2)24-28(3)41(51)55-36)56-42-38(50)35(48(9)10)25-30(5)54-42/h12-14,16-20,24,27,29-31,35-36,38-40,42,50H,11,15,21-23,25-26H2,1-10H3/b16-14+,28-24-/t27-,29+,30-,31-,35+,36+,38?,39+,40+,42+,44-,45+/m0/s1. The van der Waals surface area contributed by atoms with Crippen LogP contribution in [0.4, 0.5) is 4.79 Å². The predicted molar refractivity (Wildman–Crippen MR) is 221 cm³/mol. The average Bonchev–Trinajstić information content (AvgIpc) is 3.29. The van der Waals surface area contributed by atoms with Gasteiger partial charge in [-0.25, -0.2) is 9.59 Å². The van der Waals surface area contributed by atoms with Crippen molar-refractivity contribution in [3.63, 3.8) is 0 Å². The summed E-state index contributed by atoms with van der Waals surface area (Å²) in [4.78, 5) is 41.1. The number of carbonyl (C=O) groups excluding carboxylic acids is 2. The maximum absolute atomic E-state index is 14.1. The number of aliphatic imine (C=N–C) groups is 1. The van der Waals surface area contributed by atoms with Crippen molar-refractivity contribution >= 4 is 34.8 Å². The third-order valence-electron chi connectivity index (χ3n) is 12.7. The lowest BCUT2D eigenvalue weighted by Crippen LogP contribution is -2.59. The van der Waals surface area contributed by atoms with E-state index in [1.807, 2.05) is 96.1 Å². The van der Waals surface area contributed by atoms with Gasteiger partial charge in [0.1, 0.15) is 12.2 Å². The molecule has 1 amide bonds. The summed E-state index contributed by atoms with van der Waals surface area (Å²) in [5.74, 6) is -1.23. The Hall–Kier alpha value is -3.68. The number of aliphatic hydroxyl groups excluding tert-OH is 1. The Morgan fingerprint density at radius 2 is 1.86 bits per heavy atom. The number of aromatic nitrogens is 1. The van der Waals surface area contributed by atoms with E-state index < -0.39 is 59.8 Å². The Labute approximate surface area is 338 Å². The number of nitrogens with zero attached hydrogens (tertiary/aromatic N) is 4. The van der Waals surface area contributed by atoms with Crippen molar-refractivity contribution in [2.75, 3.05) is 33.8 Å². The lowest BCUT2D eigenvalue weighted by molar-refractivity contribution is -0.295. The van der Waals surface area contributed by atoms with Crippen molar-refractivity contribution < 1.29 is 38.4 Å². The number of amides is 1. The van der Waals surface area contributed by atoms with Crippen molar-refractivity contribution in [3.8, 4) is 0 Å². The van der Waals surface area contributed by atoms with Gasteiger partial charge in [-0.1, -0.05) is 70.5 Å². The number of likely N-dealkylation sites (N-methyl/N-ethyl adjacent to an activating group) is 1. The molecular weight excluding hydrogens is 725 g/mol. The fourth-order valence-electron chi connectivity index (χ4n) is 9.95. The van der Waals surface area contributed by atoms with Crippen molar-refractivity contribution in [2.24, 2.45) is 22.7 Å². The lowest BCUT2D eigenvalue weighted by atomic mass is 9.73. The minimum atomic E-state index is -1.09. The van der Waals surface area contributed by atoms with Gasteiger partial charge in [-0.2, -0.15) is 0 Å². The molecule has 1 N–H and O–H groups in total. The molecule has 12 heteroatoms. The molecule has 2 bridgehead atoms. The second-order valence-corrected chi connectivity index (χ2v) is 17.4. The van der Waals surface area contributed by atoms with Crippen LogP contribution in [0.5, 0.6) is 0 Å². The summed E-state index contributed by atoms with van der Waals surface area (Å²) in [6, 6.07) is 9.43. The highest BCUT2D eigenvalue weighted by Gasteiger charge is 2.60. The van der Waals surface area contributed by atoms with E-state index in [1.165, 1.54) is 0 Å². The Morgan fingerprint density at radius 1 is 1.11 bits per heavy atom. The summed E-state index contributed by atoms with van der Waals surface area (Å²) in [5, 5.41) is 12.8. The molecule has 12 atom stereocenters. The number of hydrogen-bond acceptors (Lipinski definition) is 11. The van der Waals surface area contributed by atoms with Gasteiger partial charge in [0.2, 0.25) is 0 Å². The highest BCUT2D eigenvalue weighted by Crippen LogP contribution is 2.44. The van der Waals surface area contributed by atoms with Gasteiger partial charge >= 0.3 is 12.1 Å². The maximum Gasteiger partial charge on any atom is 0.410 e. The second kappa shape index (κ2) is 17.7. The first-order chi connectivity index (χ1) is 27.1. The zero-order chi connectivity index (χ0) is 41.2. The van der Waals surface area contributed by atoms with Gasteiger partial charge in [-0.3, -0.25) is 14.9 Å². The summed E-state index contributed by atoms with van der Waals surface area (Å²) in [6.45, 7) is 17.1. The van der Waals surface area contributed by atoms with Crippen molar-refractivity contribution in [1.29, 1.82) is 0 Å². The molecule has 0 saturated carbocycles. The maximum atomic E-state index is 14.1. The number of rotatable bonds is 9. The average molecular weight is 789 g/mol. The Bertz CT molecular complexity index is 1840.